The molecule has 0 saturated carbocycles. The van der Waals surface area contributed by atoms with E-state index < -0.39 is 11.9 Å². The fourth-order valence-electron chi connectivity index (χ4n) is 14.2. The van der Waals surface area contributed by atoms with E-state index in [-0.39, 0.29) is 57.3 Å². The Morgan fingerprint density at radius 3 is 0.561 bits per heavy atom. The summed E-state index contributed by atoms with van der Waals surface area (Å²) in [5, 5.41) is 0. The quantitative estimate of drug-likeness (QED) is 0.0171. The molecule has 0 spiro atoms. The van der Waals surface area contributed by atoms with E-state index in [9.17, 15) is 28.8 Å². The van der Waals surface area contributed by atoms with E-state index in [1.165, 1.54) is 66.2 Å². The van der Waals surface area contributed by atoms with Crippen molar-refractivity contribution in [3.05, 3.63) is 533 Å². The van der Waals surface area contributed by atoms with Crippen LogP contribution in [0.3, 0.4) is 0 Å². The average Bonchev–Trinajstić information content (AvgIpc) is 0.765. The molecule has 0 radical (unpaired) electrons. The zero-order valence-electron chi connectivity index (χ0n) is 76.1. The standard InChI is InChI=1S/C26H31NO2.C24H27NO2.4C17H13NO/c1-3-4-5-6-7-8-9-16-21-29-26(28)25(27-2)24(22-17-12-10-13-18-22)23-19-14-11-15-20-23;1-4-6-13-19(5-2)18-27-24(26)23(25-3)22(20-14-9-7-10-15-20)21-16-11-8-12-17-21;4*1-13(19)17(18-2)16(14-9-5-3-6-10-14)15-11-7-4-8-12-15/h10-15,17-20H,3-9,16,21H2,1H3;7-12,14-17,19H,4-6,13,18H2,1-2H3;4*3-12H,1H3. The molecule has 0 fully saturated rings. The van der Waals surface area contributed by atoms with Crippen LogP contribution in [0.15, 0.2) is 398 Å². The van der Waals surface area contributed by atoms with Crippen molar-refractivity contribution in [3.8, 4) is 0 Å². The summed E-state index contributed by atoms with van der Waals surface area (Å²) in [6.07, 6.45) is 13.8. The van der Waals surface area contributed by atoms with Gasteiger partial charge in [0.2, 0.25) is 22.8 Å². The summed E-state index contributed by atoms with van der Waals surface area (Å²) in [6.45, 7) is 57.2. The molecular formula is C118H110N6O8. The summed E-state index contributed by atoms with van der Waals surface area (Å²) in [5.41, 5.74) is 15.3. The lowest BCUT2D eigenvalue weighted by molar-refractivity contribution is -0.140. The van der Waals surface area contributed by atoms with Crippen LogP contribution in [0, 0.1) is 45.4 Å². The van der Waals surface area contributed by atoms with Gasteiger partial charge in [0.25, 0.3) is 11.4 Å². The molecule has 14 nitrogen and oxygen atoms in total. The lowest BCUT2D eigenvalue weighted by Gasteiger charge is -2.16. The first-order valence-corrected chi connectivity index (χ1v) is 44.2. The smallest absolute Gasteiger partial charge is 0.336 e. The fourth-order valence-corrected chi connectivity index (χ4v) is 14.2. The average molecular weight is 1740 g/mol. The number of benzene rings is 12. The minimum atomic E-state index is -0.539. The second kappa shape index (κ2) is 58.8. The second-order valence-electron chi connectivity index (χ2n) is 30.3. The molecule has 0 amide bonds. The van der Waals surface area contributed by atoms with Crippen LogP contribution >= 0.6 is 0 Å². The number of Topliss-reactive ketones (excluding diaryl/α,β-unsaturated/α-hetero) is 4. The van der Waals surface area contributed by atoms with E-state index in [1.807, 2.05) is 364 Å². The van der Waals surface area contributed by atoms with E-state index in [2.05, 4.69) is 49.8 Å². The van der Waals surface area contributed by atoms with Gasteiger partial charge in [0, 0.05) is 11.1 Å². The maximum absolute atomic E-state index is 12.8. The van der Waals surface area contributed by atoms with E-state index in [0.717, 1.165) is 105 Å². The van der Waals surface area contributed by atoms with Crippen molar-refractivity contribution in [3.63, 3.8) is 0 Å². The minimum absolute atomic E-state index is 0.0396. The lowest BCUT2D eigenvalue weighted by atomic mass is 9.95. The summed E-state index contributed by atoms with van der Waals surface area (Å²) in [5.74, 6) is -1.57. The van der Waals surface area contributed by atoms with Crippen LogP contribution in [0.2, 0.25) is 0 Å². The molecule has 0 heterocycles. The van der Waals surface area contributed by atoms with Crippen molar-refractivity contribution in [2.75, 3.05) is 13.2 Å². The third-order valence-electron chi connectivity index (χ3n) is 20.8. The second-order valence-corrected chi connectivity index (χ2v) is 30.3. The molecule has 12 rings (SSSR count). The van der Waals surface area contributed by atoms with Crippen molar-refractivity contribution in [1.29, 1.82) is 0 Å². The zero-order valence-corrected chi connectivity index (χ0v) is 76.1. The molecular weight excluding hydrogens is 1630 g/mol. The van der Waals surface area contributed by atoms with Gasteiger partial charge >= 0.3 is 11.9 Å². The van der Waals surface area contributed by atoms with Gasteiger partial charge in [0.1, 0.15) is 0 Å². The molecule has 1 atom stereocenters. The number of nitrogens with zero attached hydrogens (tertiary/aromatic N) is 6. The van der Waals surface area contributed by atoms with Crippen LogP contribution < -0.4 is 0 Å². The van der Waals surface area contributed by atoms with Crippen LogP contribution in [0.4, 0.5) is 0 Å². The predicted octanol–water partition coefficient (Wildman–Crippen LogP) is 29.0. The molecule has 0 aliphatic rings. The molecule has 0 bridgehead atoms. The monoisotopic (exact) mass is 1740 g/mol. The van der Waals surface area contributed by atoms with Gasteiger partial charge < -0.3 is 28.7 Å². The Morgan fingerprint density at radius 2 is 0.394 bits per heavy atom. The highest BCUT2D eigenvalue weighted by molar-refractivity contribution is 6.09. The van der Waals surface area contributed by atoms with E-state index in [4.69, 9.17) is 48.9 Å². The van der Waals surface area contributed by atoms with E-state index in [1.54, 1.807) is 0 Å². The van der Waals surface area contributed by atoms with Crippen molar-refractivity contribution in [2.24, 2.45) is 5.92 Å². The van der Waals surface area contributed by atoms with Gasteiger partial charge in [-0.25, -0.2) is 29.1 Å². The molecule has 12 aromatic rings. The lowest BCUT2D eigenvalue weighted by Crippen LogP contribution is -2.15. The normalized spacial score (nSPS) is 10.0. The molecule has 14 heteroatoms. The third-order valence-corrected chi connectivity index (χ3v) is 20.8. The molecule has 0 aliphatic heterocycles. The predicted molar refractivity (Wildman–Crippen MR) is 534 cm³/mol. The number of allylic oxidation sites excluding steroid dienone is 4. The molecule has 1 unspecified atom stereocenters. The largest absolute Gasteiger partial charge is 0.471 e. The number of rotatable bonds is 33. The summed E-state index contributed by atoms with van der Waals surface area (Å²) in [6, 6.07) is 115. The van der Waals surface area contributed by atoms with Crippen molar-refractivity contribution >= 4 is 68.5 Å². The van der Waals surface area contributed by atoms with Gasteiger partial charge in [-0.15, -0.1) is 0 Å². The molecule has 0 N–H and O–H groups in total. The van der Waals surface area contributed by atoms with Crippen molar-refractivity contribution in [2.45, 2.75) is 126 Å². The van der Waals surface area contributed by atoms with Gasteiger partial charge in [0.15, 0.2) is 23.1 Å². The Hall–Kier alpha value is -16.4. The number of carbonyl (C=O) groups is 6. The topological polar surface area (TPSA) is 147 Å². The number of ether oxygens (including phenoxy) is 2. The SMILES string of the molecule is [C-]#[N+]C(C(=O)OCC(CC)CCCC)=C(c1ccccc1)c1ccccc1.[C-]#[N+]C(C(=O)OCCCCCCCCCC)=C(c1ccccc1)c1ccccc1.[C-]#[N+]C(C(C)=O)=C(c1ccccc1)c1ccccc1.[C-]#[N+]C(C(C)=O)=C(c1ccccc1)c1ccccc1.[C-]#[N+]C(C(C)=O)=C(c1ccccc1)c1ccccc1.[C-]#[N+]C(C(C)=O)=C(c1ccccc1)c1ccccc1. The van der Waals surface area contributed by atoms with Crippen molar-refractivity contribution in [1.82, 2.24) is 0 Å². The first-order chi connectivity index (χ1) is 64.4. The molecule has 660 valence electrons. The van der Waals surface area contributed by atoms with Crippen LogP contribution in [0.5, 0.6) is 0 Å². The van der Waals surface area contributed by atoms with Gasteiger partial charge in [-0.3, -0.25) is 9.59 Å². The van der Waals surface area contributed by atoms with Crippen molar-refractivity contribution < 1.29 is 38.2 Å². The van der Waals surface area contributed by atoms with Gasteiger partial charge in [0.05, 0.1) is 52.6 Å². The third kappa shape index (κ3) is 32.8. The van der Waals surface area contributed by atoms with Gasteiger partial charge in [-0.1, -0.05) is 449 Å². The highest BCUT2D eigenvalue weighted by Gasteiger charge is 2.25. The number of esters is 2. The number of ketones is 4. The number of hydrogen-bond acceptors (Lipinski definition) is 8. The number of hydrogen-bond donors (Lipinski definition) is 0. The van der Waals surface area contributed by atoms with Crippen LogP contribution in [0.25, 0.3) is 62.5 Å². The van der Waals surface area contributed by atoms with Crippen LogP contribution in [0.1, 0.15) is 192 Å². The Bertz CT molecular complexity index is 5430. The van der Waals surface area contributed by atoms with E-state index in [0.29, 0.717) is 52.6 Å². The Balaban J connectivity index is 0.000000218. The summed E-state index contributed by atoms with van der Waals surface area (Å²) >= 11 is 0. The van der Waals surface area contributed by atoms with Crippen LogP contribution in [-0.2, 0) is 38.2 Å². The van der Waals surface area contributed by atoms with Gasteiger partial charge in [-0.05, 0) is 136 Å². The summed E-state index contributed by atoms with van der Waals surface area (Å²) < 4.78 is 11.0. The first kappa shape index (κ1) is 103. The maximum Gasteiger partial charge on any atom is 0.336 e. The highest BCUT2D eigenvalue weighted by atomic mass is 16.5. The summed E-state index contributed by atoms with van der Waals surface area (Å²) in [7, 11) is 0. The van der Waals surface area contributed by atoms with Gasteiger partial charge in [-0.2, -0.15) is 0 Å². The first-order valence-electron chi connectivity index (χ1n) is 44.2. The Kier molecular flexibility index (Phi) is 45.8. The number of carbonyl (C=O) groups excluding carboxylic acids is 6. The molecule has 0 aliphatic carbocycles. The highest BCUT2D eigenvalue weighted by Crippen LogP contribution is 2.35. The van der Waals surface area contributed by atoms with Crippen LogP contribution in [-0.4, -0.2) is 48.3 Å². The summed E-state index contributed by atoms with van der Waals surface area (Å²) in [4.78, 5) is 93.0. The number of unbranched alkanes of at least 4 members (excludes halogenated alkanes) is 8. The van der Waals surface area contributed by atoms with E-state index >= 15 is 0 Å². The Morgan fingerprint density at radius 1 is 0.227 bits per heavy atom. The molecule has 12 aromatic carbocycles. The molecule has 0 saturated heterocycles. The maximum atomic E-state index is 12.8. The zero-order chi connectivity index (χ0) is 94.9. The Labute approximate surface area is 780 Å². The minimum Gasteiger partial charge on any atom is -0.471 e. The molecule has 0 aromatic heterocycles. The fraction of sp³-hybridized carbons (Fsp3) is 0.186. The molecule has 132 heavy (non-hydrogen) atoms.